The molecule has 1 aliphatic heterocycles. The summed E-state index contributed by atoms with van der Waals surface area (Å²) in [5.41, 5.74) is 5.79. The highest BCUT2D eigenvalue weighted by Crippen LogP contribution is 2.12. The molecule has 0 spiro atoms. The van der Waals surface area contributed by atoms with Crippen LogP contribution in [0.4, 0.5) is 0 Å². The van der Waals surface area contributed by atoms with Crippen molar-refractivity contribution in [3.63, 3.8) is 0 Å². The molecule has 6 heteroatoms. The highest BCUT2D eigenvalue weighted by molar-refractivity contribution is 5.79. The fraction of sp³-hybridized carbons (Fsp3) is 0.692. The van der Waals surface area contributed by atoms with Crippen LogP contribution in [0.1, 0.15) is 13.8 Å². The van der Waals surface area contributed by atoms with E-state index in [1.54, 1.807) is 6.20 Å². The Bertz CT molecular complexity index is 405. The van der Waals surface area contributed by atoms with Crippen LogP contribution in [0.3, 0.4) is 0 Å². The van der Waals surface area contributed by atoms with E-state index >= 15 is 0 Å². The first kappa shape index (κ1) is 14.0. The lowest BCUT2D eigenvalue weighted by Crippen LogP contribution is -2.50. The van der Waals surface area contributed by atoms with E-state index in [-0.39, 0.29) is 24.0 Å². The Morgan fingerprint density at radius 3 is 3.00 bits per heavy atom. The minimum Gasteiger partial charge on any atom is -0.373 e. The quantitative estimate of drug-likeness (QED) is 0.838. The second-order valence-corrected chi connectivity index (χ2v) is 5.15. The molecule has 2 rings (SSSR count). The second-order valence-electron chi connectivity index (χ2n) is 5.15. The molecule has 2 N–H and O–H groups in total. The summed E-state index contributed by atoms with van der Waals surface area (Å²) in [6.45, 7) is 6.24. The Labute approximate surface area is 113 Å². The van der Waals surface area contributed by atoms with Gasteiger partial charge in [0.05, 0.1) is 25.2 Å². The van der Waals surface area contributed by atoms with Crippen LogP contribution in [-0.4, -0.2) is 52.4 Å². The normalized spacial score (nSPS) is 23.1. The summed E-state index contributed by atoms with van der Waals surface area (Å²) < 4.78 is 7.51. The maximum Gasteiger partial charge on any atom is 0.227 e. The van der Waals surface area contributed by atoms with Gasteiger partial charge in [0.15, 0.2) is 0 Å². The minimum absolute atomic E-state index is 0.00196. The zero-order chi connectivity index (χ0) is 13.8. The number of morpholine rings is 1. The van der Waals surface area contributed by atoms with Gasteiger partial charge in [0.25, 0.3) is 0 Å². The summed E-state index contributed by atoms with van der Waals surface area (Å²) in [4.78, 5) is 14.1. The molecule has 19 heavy (non-hydrogen) atoms. The Morgan fingerprint density at radius 2 is 2.37 bits per heavy atom. The number of hydrogen-bond acceptors (Lipinski definition) is 4. The Kier molecular flexibility index (Phi) is 4.55. The third-order valence-corrected chi connectivity index (χ3v) is 3.58. The molecule has 1 aliphatic rings. The fourth-order valence-electron chi connectivity index (χ4n) is 2.16. The van der Waals surface area contributed by atoms with E-state index in [2.05, 4.69) is 5.10 Å². The lowest BCUT2D eigenvalue weighted by atomic mass is 10.0. The topological polar surface area (TPSA) is 73.4 Å². The monoisotopic (exact) mass is 266 g/mol. The minimum atomic E-state index is -0.150. The zero-order valence-corrected chi connectivity index (χ0v) is 11.5. The Hall–Kier alpha value is -1.40. The highest BCUT2D eigenvalue weighted by atomic mass is 16.5. The Morgan fingerprint density at radius 1 is 1.58 bits per heavy atom. The van der Waals surface area contributed by atoms with E-state index in [1.165, 1.54) is 0 Å². The molecular weight excluding hydrogens is 244 g/mol. The first-order chi connectivity index (χ1) is 9.08. The van der Waals surface area contributed by atoms with E-state index < -0.39 is 0 Å². The number of carbonyl (C=O) groups is 1. The molecule has 0 bridgehead atoms. The lowest BCUT2D eigenvalue weighted by molar-refractivity contribution is -0.143. The number of ether oxygens (including phenoxy) is 1. The predicted octanol–water partition coefficient (Wildman–Crippen LogP) is 0.0938. The van der Waals surface area contributed by atoms with E-state index in [4.69, 9.17) is 10.5 Å². The molecule has 106 valence electrons. The van der Waals surface area contributed by atoms with Crippen LogP contribution in [0, 0.1) is 5.92 Å². The van der Waals surface area contributed by atoms with Crippen LogP contribution in [0.25, 0.3) is 0 Å². The van der Waals surface area contributed by atoms with Crippen molar-refractivity contribution in [2.45, 2.75) is 32.5 Å². The van der Waals surface area contributed by atoms with Crippen molar-refractivity contribution in [1.29, 1.82) is 0 Å². The van der Waals surface area contributed by atoms with Crippen molar-refractivity contribution >= 4 is 5.91 Å². The van der Waals surface area contributed by atoms with Gasteiger partial charge >= 0.3 is 0 Å². The van der Waals surface area contributed by atoms with Crippen molar-refractivity contribution in [1.82, 2.24) is 14.7 Å². The van der Waals surface area contributed by atoms with E-state index in [9.17, 15) is 4.79 Å². The Balaban J connectivity index is 1.91. The summed E-state index contributed by atoms with van der Waals surface area (Å²) >= 11 is 0. The third-order valence-electron chi connectivity index (χ3n) is 3.58. The van der Waals surface area contributed by atoms with Gasteiger partial charge in [-0.2, -0.15) is 5.10 Å². The van der Waals surface area contributed by atoms with Crippen LogP contribution >= 0.6 is 0 Å². The van der Waals surface area contributed by atoms with E-state index in [1.807, 2.05) is 35.7 Å². The summed E-state index contributed by atoms with van der Waals surface area (Å²) in [5.74, 6) is -0.0350. The molecule has 0 aromatic carbocycles. The summed E-state index contributed by atoms with van der Waals surface area (Å²) in [5, 5.41) is 4.16. The molecule has 1 saturated heterocycles. The molecule has 1 aromatic rings. The zero-order valence-electron chi connectivity index (χ0n) is 11.5. The van der Waals surface area contributed by atoms with E-state index in [0.717, 1.165) is 0 Å². The van der Waals surface area contributed by atoms with Crippen molar-refractivity contribution in [3.05, 3.63) is 18.5 Å². The number of nitrogens with zero attached hydrogens (tertiary/aromatic N) is 3. The van der Waals surface area contributed by atoms with Gasteiger partial charge < -0.3 is 15.4 Å². The third kappa shape index (κ3) is 3.54. The maximum absolute atomic E-state index is 12.3. The highest BCUT2D eigenvalue weighted by Gasteiger charge is 2.28. The fourth-order valence-corrected chi connectivity index (χ4v) is 2.16. The van der Waals surface area contributed by atoms with Gasteiger partial charge in [-0.1, -0.05) is 6.92 Å². The van der Waals surface area contributed by atoms with Crippen LogP contribution in [0.15, 0.2) is 18.5 Å². The van der Waals surface area contributed by atoms with Crippen LogP contribution in [0.2, 0.25) is 0 Å². The van der Waals surface area contributed by atoms with Gasteiger partial charge in [0.1, 0.15) is 0 Å². The number of amides is 1. The number of nitrogens with two attached hydrogens (primary N) is 1. The first-order valence-electron chi connectivity index (χ1n) is 6.71. The largest absolute Gasteiger partial charge is 0.373 e. The molecule has 1 aromatic heterocycles. The number of aromatic nitrogens is 2. The number of rotatable bonds is 4. The van der Waals surface area contributed by atoms with Gasteiger partial charge in [-0.3, -0.25) is 9.48 Å². The van der Waals surface area contributed by atoms with Crippen molar-refractivity contribution < 1.29 is 9.53 Å². The summed E-state index contributed by atoms with van der Waals surface area (Å²) in [7, 11) is 0. The van der Waals surface area contributed by atoms with E-state index in [0.29, 0.717) is 26.2 Å². The molecular formula is C13H22N4O2. The SMILES string of the molecule is CC(N)C(C)C(=O)N1CCOC(Cn2cccn2)C1. The van der Waals surface area contributed by atoms with Crippen molar-refractivity contribution in [2.75, 3.05) is 19.7 Å². The molecule has 1 amide bonds. The molecule has 3 atom stereocenters. The van der Waals surface area contributed by atoms with Gasteiger partial charge in [-0.15, -0.1) is 0 Å². The first-order valence-corrected chi connectivity index (χ1v) is 6.71. The average molecular weight is 266 g/mol. The molecule has 3 unspecified atom stereocenters. The number of hydrogen-bond donors (Lipinski definition) is 1. The summed E-state index contributed by atoms with van der Waals surface area (Å²) in [6, 6.07) is 1.75. The van der Waals surface area contributed by atoms with Crippen molar-refractivity contribution in [2.24, 2.45) is 11.7 Å². The van der Waals surface area contributed by atoms with Crippen LogP contribution < -0.4 is 5.73 Å². The maximum atomic E-state index is 12.3. The molecule has 2 heterocycles. The lowest BCUT2D eigenvalue weighted by Gasteiger charge is -2.35. The van der Waals surface area contributed by atoms with Crippen LogP contribution in [0.5, 0.6) is 0 Å². The number of carbonyl (C=O) groups excluding carboxylic acids is 1. The molecule has 0 radical (unpaired) electrons. The standard InChI is InChI=1S/C13H22N4O2/c1-10(11(2)14)13(18)16-6-7-19-12(8-16)9-17-5-3-4-15-17/h3-5,10-12H,6-9,14H2,1-2H3. The molecule has 1 fully saturated rings. The second kappa shape index (κ2) is 6.16. The molecule has 0 saturated carbocycles. The van der Waals surface area contributed by atoms with Gasteiger partial charge in [-0.05, 0) is 13.0 Å². The van der Waals surface area contributed by atoms with Gasteiger partial charge in [0, 0.05) is 31.5 Å². The van der Waals surface area contributed by atoms with Crippen LogP contribution in [-0.2, 0) is 16.1 Å². The molecule has 6 nitrogen and oxygen atoms in total. The van der Waals surface area contributed by atoms with Crippen molar-refractivity contribution in [3.8, 4) is 0 Å². The smallest absolute Gasteiger partial charge is 0.227 e. The average Bonchev–Trinajstić information content (AvgIpc) is 2.90. The predicted molar refractivity (Wildman–Crippen MR) is 71.4 cm³/mol. The van der Waals surface area contributed by atoms with Gasteiger partial charge in [-0.25, -0.2) is 0 Å². The van der Waals surface area contributed by atoms with Gasteiger partial charge in [0.2, 0.25) is 5.91 Å². The molecule has 0 aliphatic carbocycles. The summed E-state index contributed by atoms with van der Waals surface area (Å²) in [6.07, 6.45) is 3.64.